The SMILES string of the molecule is C[C@H]([C@@H]1O[C@H]1C[C@H]1CO[C@@H](Cc2ncc(-c3ccccc3)o2)[C@H](O)[C@@H]1O)[C@H](C)O. The average Bonchev–Trinajstić information content (AvgIpc) is 3.33. The second-order valence-corrected chi connectivity index (χ2v) is 8.28. The number of rotatable bonds is 7. The minimum atomic E-state index is -1.02. The van der Waals surface area contributed by atoms with Crippen LogP contribution in [0.1, 0.15) is 26.2 Å². The molecular formula is C22H29NO6. The molecule has 7 heteroatoms. The fraction of sp³-hybridized carbons (Fsp3) is 0.591. The van der Waals surface area contributed by atoms with Crippen molar-refractivity contribution in [2.45, 2.75) is 63.3 Å². The first kappa shape index (κ1) is 20.5. The molecule has 2 aliphatic rings. The van der Waals surface area contributed by atoms with Gasteiger partial charge in [0.1, 0.15) is 6.10 Å². The molecule has 7 nitrogen and oxygen atoms in total. The maximum atomic E-state index is 10.6. The third kappa shape index (κ3) is 4.54. The molecule has 2 saturated heterocycles. The minimum absolute atomic E-state index is 0.000734. The van der Waals surface area contributed by atoms with Crippen LogP contribution in [0.2, 0.25) is 0 Å². The highest BCUT2D eigenvalue weighted by Gasteiger charge is 2.48. The summed E-state index contributed by atoms with van der Waals surface area (Å²) in [6, 6.07) is 9.67. The van der Waals surface area contributed by atoms with Gasteiger partial charge in [-0.2, -0.15) is 0 Å². The third-order valence-electron chi connectivity index (χ3n) is 6.16. The van der Waals surface area contributed by atoms with Gasteiger partial charge >= 0.3 is 0 Å². The summed E-state index contributed by atoms with van der Waals surface area (Å²) in [6.07, 6.45) is -0.385. The summed E-state index contributed by atoms with van der Waals surface area (Å²) in [7, 11) is 0. The zero-order valence-electron chi connectivity index (χ0n) is 16.7. The van der Waals surface area contributed by atoms with Crippen LogP contribution in [0.4, 0.5) is 0 Å². The van der Waals surface area contributed by atoms with Crippen LogP contribution >= 0.6 is 0 Å². The van der Waals surface area contributed by atoms with E-state index in [-0.39, 0.29) is 24.0 Å². The number of epoxide rings is 1. The number of aliphatic hydroxyl groups excluding tert-OH is 3. The van der Waals surface area contributed by atoms with Gasteiger partial charge in [0.25, 0.3) is 0 Å². The first-order chi connectivity index (χ1) is 13.9. The molecule has 0 aliphatic carbocycles. The van der Waals surface area contributed by atoms with Crippen LogP contribution in [0.5, 0.6) is 0 Å². The lowest BCUT2D eigenvalue weighted by molar-refractivity contribution is -0.166. The number of oxazole rings is 1. The van der Waals surface area contributed by atoms with E-state index >= 15 is 0 Å². The van der Waals surface area contributed by atoms with Crippen LogP contribution in [-0.4, -0.2) is 63.5 Å². The molecule has 158 valence electrons. The second-order valence-electron chi connectivity index (χ2n) is 8.28. The summed E-state index contributed by atoms with van der Waals surface area (Å²) in [4.78, 5) is 4.29. The third-order valence-corrected chi connectivity index (χ3v) is 6.16. The summed E-state index contributed by atoms with van der Waals surface area (Å²) in [6.45, 7) is 4.04. The van der Waals surface area contributed by atoms with Gasteiger partial charge in [0.15, 0.2) is 11.7 Å². The van der Waals surface area contributed by atoms with Crippen LogP contribution in [-0.2, 0) is 15.9 Å². The molecule has 8 atom stereocenters. The monoisotopic (exact) mass is 403 g/mol. The Balaban J connectivity index is 1.31. The molecule has 0 amide bonds. The van der Waals surface area contributed by atoms with Crippen molar-refractivity contribution in [3.63, 3.8) is 0 Å². The van der Waals surface area contributed by atoms with E-state index in [1.807, 2.05) is 37.3 Å². The zero-order chi connectivity index (χ0) is 20.5. The lowest BCUT2D eigenvalue weighted by Gasteiger charge is -2.37. The highest BCUT2D eigenvalue weighted by molar-refractivity contribution is 5.55. The Bertz CT molecular complexity index is 794. The van der Waals surface area contributed by atoms with E-state index in [4.69, 9.17) is 13.9 Å². The van der Waals surface area contributed by atoms with Gasteiger partial charge in [-0.3, -0.25) is 0 Å². The molecule has 0 radical (unpaired) electrons. The molecule has 3 heterocycles. The van der Waals surface area contributed by atoms with Crippen molar-refractivity contribution in [2.24, 2.45) is 11.8 Å². The Labute approximate surface area is 170 Å². The van der Waals surface area contributed by atoms with Gasteiger partial charge in [-0.15, -0.1) is 0 Å². The van der Waals surface area contributed by atoms with E-state index in [0.29, 0.717) is 31.1 Å². The number of benzene rings is 1. The topological polar surface area (TPSA) is 108 Å². The highest BCUT2D eigenvalue weighted by Crippen LogP contribution is 2.38. The van der Waals surface area contributed by atoms with Gasteiger partial charge < -0.3 is 29.2 Å². The Morgan fingerprint density at radius 1 is 1.10 bits per heavy atom. The number of ether oxygens (including phenoxy) is 2. The molecule has 2 fully saturated rings. The zero-order valence-corrected chi connectivity index (χ0v) is 16.7. The van der Waals surface area contributed by atoms with Crippen LogP contribution in [0.25, 0.3) is 11.3 Å². The quantitative estimate of drug-likeness (QED) is 0.605. The molecular weight excluding hydrogens is 374 g/mol. The first-order valence-electron chi connectivity index (χ1n) is 10.3. The molecule has 0 bridgehead atoms. The predicted molar refractivity (Wildman–Crippen MR) is 105 cm³/mol. The smallest absolute Gasteiger partial charge is 0.197 e. The highest BCUT2D eigenvalue weighted by atomic mass is 16.6. The van der Waals surface area contributed by atoms with Gasteiger partial charge in [0, 0.05) is 17.4 Å². The summed E-state index contributed by atoms with van der Waals surface area (Å²) in [5.41, 5.74) is 0.932. The normalized spacial score (nSPS) is 34.0. The van der Waals surface area contributed by atoms with Crippen molar-refractivity contribution in [2.75, 3.05) is 6.61 Å². The van der Waals surface area contributed by atoms with Gasteiger partial charge in [-0.25, -0.2) is 4.98 Å². The molecule has 0 unspecified atom stereocenters. The van der Waals surface area contributed by atoms with Crippen LogP contribution in [0.3, 0.4) is 0 Å². The molecule has 3 N–H and O–H groups in total. The second kappa shape index (κ2) is 8.53. The van der Waals surface area contributed by atoms with Crippen molar-refractivity contribution in [1.82, 2.24) is 4.98 Å². The van der Waals surface area contributed by atoms with Crippen molar-refractivity contribution in [1.29, 1.82) is 0 Å². The Hall–Kier alpha value is -1.77. The molecule has 4 rings (SSSR count). The molecule has 1 aromatic carbocycles. The summed E-state index contributed by atoms with van der Waals surface area (Å²) in [5, 5.41) is 30.8. The Morgan fingerprint density at radius 2 is 1.86 bits per heavy atom. The maximum absolute atomic E-state index is 10.6. The Kier molecular flexibility index (Phi) is 6.03. The van der Waals surface area contributed by atoms with Crippen LogP contribution in [0.15, 0.2) is 40.9 Å². The van der Waals surface area contributed by atoms with E-state index in [1.165, 1.54) is 0 Å². The largest absolute Gasteiger partial charge is 0.441 e. The molecule has 29 heavy (non-hydrogen) atoms. The van der Waals surface area contributed by atoms with Crippen LogP contribution in [0, 0.1) is 11.8 Å². The minimum Gasteiger partial charge on any atom is -0.441 e. The van der Waals surface area contributed by atoms with E-state index in [0.717, 1.165) is 5.56 Å². The van der Waals surface area contributed by atoms with Gasteiger partial charge in [0.05, 0.1) is 49.7 Å². The fourth-order valence-corrected chi connectivity index (χ4v) is 4.02. The number of hydrogen-bond donors (Lipinski definition) is 3. The number of hydrogen-bond acceptors (Lipinski definition) is 7. The maximum Gasteiger partial charge on any atom is 0.197 e. The van der Waals surface area contributed by atoms with E-state index in [9.17, 15) is 15.3 Å². The Morgan fingerprint density at radius 3 is 2.59 bits per heavy atom. The average molecular weight is 403 g/mol. The lowest BCUT2D eigenvalue weighted by Crippen LogP contribution is -2.51. The van der Waals surface area contributed by atoms with E-state index in [2.05, 4.69) is 4.98 Å². The first-order valence-corrected chi connectivity index (χ1v) is 10.3. The summed E-state index contributed by atoms with van der Waals surface area (Å²) in [5.74, 6) is 0.966. The van der Waals surface area contributed by atoms with E-state index < -0.39 is 24.4 Å². The van der Waals surface area contributed by atoms with Crippen molar-refractivity contribution < 1.29 is 29.2 Å². The van der Waals surface area contributed by atoms with Gasteiger partial charge in [-0.05, 0) is 13.3 Å². The number of nitrogens with zero attached hydrogens (tertiary/aromatic N) is 1. The fourth-order valence-electron chi connectivity index (χ4n) is 4.02. The number of aliphatic hydroxyl groups is 3. The molecule has 2 aromatic rings. The van der Waals surface area contributed by atoms with Crippen molar-refractivity contribution in [3.8, 4) is 11.3 Å². The summed E-state index contributed by atoms with van der Waals surface area (Å²) >= 11 is 0. The molecule has 1 aromatic heterocycles. The van der Waals surface area contributed by atoms with Crippen molar-refractivity contribution in [3.05, 3.63) is 42.4 Å². The number of aromatic nitrogens is 1. The van der Waals surface area contributed by atoms with E-state index in [1.54, 1.807) is 13.1 Å². The molecule has 0 saturated carbocycles. The van der Waals surface area contributed by atoms with Crippen molar-refractivity contribution >= 4 is 0 Å². The summed E-state index contributed by atoms with van der Waals surface area (Å²) < 4.78 is 17.3. The lowest BCUT2D eigenvalue weighted by atomic mass is 9.86. The van der Waals surface area contributed by atoms with Gasteiger partial charge in [-0.1, -0.05) is 37.3 Å². The molecule has 0 spiro atoms. The van der Waals surface area contributed by atoms with Gasteiger partial charge in [0.2, 0.25) is 0 Å². The standard InChI is InChI=1S/C22H29NO6/c1-12(13(2)24)22-17(29-22)8-15-11-27-16(21(26)20(15)25)9-19-23-10-18(28-19)14-6-4-3-5-7-14/h3-7,10,12-13,15-17,20-22,24-26H,8-9,11H2,1-2H3/t12-,13-,15-,16-,17-,20+,21-,22-/m0/s1. The molecule has 2 aliphatic heterocycles. The van der Waals surface area contributed by atoms with Crippen LogP contribution < -0.4 is 0 Å². The predicted octanol–water partition coefficient (Wildman–Crippen LogP) is 1.80.